The summed E-state index contributed by atoms with van der Waals surface area (Å²) in [6, 6.07) is 6.69. The van der Waals surface area contributed by atoms with Gasteiger partial charge in [-0.3, -0.25) is 4.79 Å². The van der Waals surface area contributed by atoms with Crippen LogP contribution in [0.25, 0.3) is 0 Å². The molecule has 0 radical (unpaired) electrons. The van der Waals surface area contributed by atoms with Crippen molar-refractivity contribution in [3.8, 4) is 12.3 Å². The van der Waals surface area contributed by atoms with Crippen molar-refractivity contribution in [2.45, 2.75) is 24.8 Å². The number of sulfonamides is 1. The van der Waals surface area contributed by atoms with Crippen molar-refractivity contribution in [3.63, 3.8) is 0 Å². The summed E-state index contributed by atoms with van der Waals surface area (Å²) in [6.07, 6.45) is 3.89. The third-order valence-electron chi connectivity index (χ3n) is 3.28. The number of hydrogen-bond acceptors (Lipinski definition) is 7. The maximum Gasteiger partial charge on any atom is 0.338 e. The Morgan fingerprint density at radius 2 is 2.11 bits per heavy atom. The Labute approximate surface area is 156 Å². The zero-order valence-electron chi connectivity index (χ0n) is 14.6. The van der Waals surface area contributed by atoms with Gasteiger partial charge >= 0.3 is 5.97 Å². The van der Waals surface area contributed by atoms with Gasteiger partial charge in [0.25, 0.3) is 5.91 Å². The van der Waals surface area contributed by atoms with Crippen LogP contribution in [0.5, 0.6) is 0 Å². The number of ether oxygens (including phenoxy) is 1. The van der Waals surface area contributed by atoms with Crippen molar-refractivity contribution < 1.29 is 27.3 Å². The van der Waals surface area contributed by atoms with Gasteiger partial charge in [0.1, 0.15) is 5.76 Å². The molecular formula is C17H17N3O6S. The van der Waals surface area contributed by atoms with Crippen LogP contribution in [0.15, 0.2) is 39.8 Å². The third-order valence-corrected chi connectivity index (χ3v) is 4.68. The van der Waals surface area contributed by atoms with E-state index in [1.54, 1.807) is 6.92 Å². The monoisotopic (exact) mass is 391 g/mol. The summed E-state index contributed by atoms with van der Waals surface area (Å²) in [4.78, 5) is 24.1. The Morgan fingerprint density at radius 1 is 1.37 bits per heavy atom. The summed E-state index contributed by atoms with van der Waals surface area (Å²) in [7, 11) is -3.86. The number of aryl methyl sites for hydroxylation is 1. The maximum absolute atomic E-state index is 12.2. The topological polar surface area (TPSA) is 128 Å². The normalized spacial score (nSPS) is 12.0. The van der Waals surface area contributed by atoms with Crippen LogP contribution in [0.3, 0.4) is 0 Å². The lowest BCUT2D eigenvalue weighted by atomic mass is 10.2. The van der Waals surface area contributed by atoms with Crippen LogP contribution in [0.1, 0.15) is 23.0 Å². The molecule has 0 spiro atoms. The van der Waals surface area contributed by atoms with Gasteiger partial charge in [-0.1, -0.05) is 17.1 Å². The molecule has 0 aliphatic rings. The average molecular weight is 391 g/mol. The molecule has 0 bridgehead atoms. The first-order valence-electron chi connectivity index (χ1n) is 7.71. The molecule has 1 aromatic heterocycles. The summed E-state index contributed by atoms with van der Waals surface area (Å²) in [6.45, 7) is 2.84. The second kappa shape index (κ2) is 8.48. The second-order valence-corrected chi connectivity index (χ2v) is 7.18. The molecule has 10 heteroatoms. The van der Waals surface area contributed by atoms with E-state index in [4.69, 9.17) is 15.7 Å². The van der Waals surface area contributed by atoms with E-state index < -0.39 is 28.0 Å². The van der Waals surface area contributed by atoms with Crippen LogP contribution in [0.2, 0.25) is 0 Å². The summed E-state index contributed by atoms with van der Waals surface area (Å²) >= 11 is 0. The van der Waals surface area contributed by atoms with Gasteiger partial charge in [-0.25, -0.2) is 13.2 Å². The Balaban J connectivity index is 2.06. The number of aromatic nitrogens is 1. The summed E-state index contributed by atoms with van der Waals surface area (Å²) < 4.78 is 36.2. The van der Waals surface area contributed by atoms with Crippen molar-refractivity contribution >= 4 is 27.7 Å². The Kier molecular flexibility index (Phi) is 6.33. The van der Waals surface area contributed by atoms with E-state index in [2.05, 4.69) is 21.1 Å². The number of nitrogens with zero attached hydrogens (tertiary/aromatic N) is 1. The minimum absolute atomic E-state index is 0.0319. The number of carbonyl (C=O) groups excluding carboxylic acids is 2. The van der Waals surface area contributed by atoms with Crippen molar-refractivity contribution in [1.82, 2.24) is 9.88 Å². The number of terminal acetylenes is 1. The Bertz CT molecular complexity index is 990. The highest BCUT2D eigenvalue weighted by Crippen LogP contribution is 2.14. The maximum atomic E-state index is 12.2. The van der Waals surface area contributed by atoms with Crippen LogP contribution in [-0.2, 0) is 19.6 Å². The van der Waals surface area contributed by atoms with E-state index in [1.165, 1.54) is 31.2 Å². The van der Waals surface area contributed by atoms with Crippen molar-refractivity contribution in [2.24, 2.45) is 0 Å². The number of nitrogens with one attached hydrogen (secondary N) is 2. The van der Waals surface area contributed by atoms with E-state index in [9.17, 15) is 18.0 Å². The molecule has 9 nitrogen and oxygen atoms in total. The molecule has 2 aromatic rings. The lowest BCUT2D eigenvalue weighted by molar-refractivity contribution is -0.123. The second-order valence-electron chi connectivity index (χ2n) is 5.42. The number of anilines is 1. The molecule has 0 aliphatic heterocycles. The zero-order chi connectivity index (χ0) is 20.0. The number of amides is 1. The van der Waals surface area contributed by atoms with Gasteiger partial charge in [0.05, 0.1) is 17.0 Å². The lowest BCUT2D eigenvalue weighted by Gasteiger charge is -2.13. The molecule has 1 aromatic carbocycles. The fraction of sp³-hybridized carbons (Fsp3) is 0.235. The molecule has 0 unspecified atom stereocenters. The van der Waals surface area contributed by atoms with Gasteiger partial charge in [0.2, 0.25) is 10.0 Å². The molecule has 0 saturated heterocycles. The van der Waals surface area contributed by atoms with Gasteiger partial charge in [0, 0.05) is 6.07 Å². The highest BCUT2D eigenvalue weighted by atomic mass is 32.2. The average Bonchev–Trinajstić information content (AvgIpc) is 3.04. The van der Waals surface area contributed by atoms with Crippen LogP contribution >= 0.6 is 0 Å². The van der Waals surface area contributed by atoms with Gasteiger partial charge in [-0.05, 0) is 32.0 Å². The van der Waals surface area contributed by atoms with Gasteiger partial charge in [-0.2, -0.15) is 4.72 Å². The van der Waals surface area contributed by atoms with Gasteiger partial charge < -0.3 is 14.6 Å². The molecule has 0 aliphatic carbocycles. The standard InChI is InChI=1S/C17H17N3O6S/c1-4-8-18-27(23,24)14-7-5-6-13(10-14)17(22)25-12(3)16(21)19-15-9-11(2)26-20-15/h1,5-7,9-10,12,18H,8H2,2-3H3,(H,19,20,21)/t12-/m1/s1. The first kappa shape index (κ1) is 20.2. The number of rotatable bonds is 7. The fourth-order valence-electron chi connectivity index (χ4n) is 1.95. The summed E-state index contributed by atoms with van der Waals surface area (Å²) in [5, 5.41) is 6.04. The smallest absolute Gasteiger partial charge is 0.338 e. The lowest BCUT2D eigenvalue weighted by Crippen LogP contribution is -2.30. The van der Waals surface area contributed by atoms with Crippen LogP contribution in [0.4, 0.5) is 5.82 Å². The first-order valence-corrected chi connectivity index (χ1v) is 9.19. The molecule has 1 atom stereocenters. The summed E-state index contributed by atoms with van der Waals surface area (Å²) in [5.74, 6) is 1.37. The zero-order valence-corrected chi connectivity index (χ0v) is 15.4. The number of benzene rings is 1. The SMILES string of the molecule is C#CCNS(=O)(=O)c1cccc(C(=O)O[C@H](C)C(=O)Nc2cc(C)on2)c1. The number of esters is 1. The molecule has 0 saturated carbocycles. The molecule has 2 rings (SSSR count). The highest BCUT2D eigenvalue weighted by molar-refractivity contribution is 7.89. The minimum atomic E-state index is -3.86. The van der Waals surface area contributed by atoms with Crippen LogP contribution in [-0.4, -0.2) is 38.1 Å². The quantitative estimate of drug-likeness (QED) is 0.534. The van der Waals surface area contributed by atoms with Crippen molar-refractivity contribution in [1.29, 1.82) is 0 Å². The van der Waals surface area contributed by atoms with E-state index in [0.29, 0.717) is 5.76 Å². The van der Waals surface area contributed by atoms with E-state index in [1.807, 2.05) is 0 Å². The molecule has 1 heterocycles. The van der Waals surface area contributed by atoms with Crippen molar-refractivity contribution in [3.05, 3.63) is 41.7 Å². The molecule has 2 N–H and O–H groups in total. The van der Waals surface area contributed by atoms with Crippen LogP contribution in [0, 0.1) is 19.3 Å². The van der Waals surface area contributed by atoms with Gasteiger partial charge in [-0.15, -0.1) is 6.42 Å². The fourth-order valence-corrected chi connectivity index (χ4v) is 2.93. The molecule has 1 amide bonds. The van der Waals surface area contributed by atoms with Gasteiger partial charge in [0.15, 0.2) is 11.9 Å². The van der Waals surface area contributed by atoms with E-state index >= 15 is 0 Å². The predicted molar refractivity (Wildman–Crippen MR) is 95.2 cm³/mol. The predicted octanol–water partition coefficient (Wildman–Crippen LogP) is 1.08. The van der Waals surface area contributed by atoms with Crippen LogP contribution < -0.4 is 10.0 Å². The Hall–Kier alpha value is -3.16. The van der Waals surface area contributed by atoms with E-state index in [0.717, 1.165) is 6.07 Å². The Morgan fingerprint density at radius 3 is 2.74 bits per heavy atom. The molecular weight excluding hydrogens is 374 g/mol. The largest absolute Gasteiger partial charge is 0.449 e. The van der Waals surface area contributed by atoms with Crippen molar-refractivity contribution in [2.75, 3.05) is 11.9 Å². The van der Waals surface area contributed by atoms with E-state index in [-0.39, 0.29) is 22.8 Å². The third kappa shape index (κ3) is 5.40. The number of carbonyl (C=O) groups is 2. The minimum Gasteiger partial charge on any atom is -0.449 e. The first-order chi connectivity index (χ1) is 12.7. The number of hydrogen-bond donors (Lipinski definition) is 2. The molecule has 142 valence electrons. The highest BCUT2D eigenvalue weighted by Gasteiger charge is 2.21. The molecule has 27 heavy (non-hydrogen) atoms. The summed E-state index contributed by atoms with van der Waals surface area (Å²) in [5.41, 5.74) is -0.0319. The molecule has 0 fully saturated rings.